The number of nitrogens with one attached hydrogen (secondary N) is 2. The van der Waals surface area contributed by atoms with E-state index in [1.165, 1.54) is 0 Å². The summed E-state index contributed by atoms with van der Waals surface area (Å²) in [5.74, 6) is 0.891. The molecule has 1 unspecified atom stereocenters. The van der Waals surface area contributed by atoms with Crippen LogP contribution >= 0.6 is 0 Å². The van der Waals surface area contributed by atoms with Gasteiger partial charge in [0.2, 0.25) is 0 Å². The lowest BCUT2D eigenvalue weighted by atomic mass is 10.7. The van der Waals surface area contributed by atoms with Gasteiger partial charge in [-0.15, -0.1) is 0 Å². The number of hydrogen-bond acceptors (Lipinski definition) is 2. The molecule has 4 nitrogen and oxygen atoms in total. The first-order chi connectivity index (χ1) is 3.83. The summed E-state index contributed by atoms with van der Waals surface area (Å²) < 4.78 is 0. The van der Waals surface area contributed by atoms with Crippen molar-refractivity contribution in [2.24, 2.45) is 5.10 Å². The minimum absolute atomic E-state index is 0.891. The molecule has 0 aromatic rings. The lowest BCUT2D eigenvalue weighted by Crippen LogP contribution is -3.01. The predicted molar refractivity (Wildman–Crippen MR) is 31.1 cm³/mol. The van der Waals surface area contributed by atoms with Gasteiger partial charge >= 0.3 is 0 Å². The van der Waals surface area contributed by atoms with Crippen LogP contribution in [0.3, 0.4) is 0 Å². The van der Waals surface area contributed by atoms with Crippen LogP contribution in [0, 0.1) is 0 Å². The third-order valence-electron chi connectivity index (χ3n) is 0.960. The van der Waals surface area contributed by atoms with E-state index in [1.807, 2.05) is 13.8 Å². The first-order valence-corrected chi connectivity index (χ1v) is 2.71. The quantitative estimate of drug-likeness (QED) is 0.452. The van der Waals surface area contributed by atoms with Crippen molar-refractivity contribution in [2.75, 3.05) is 6.54 Å². The van der Waals surface area contributed by atoms with Crippen LogP contribution in [0.4, 0.5) is 0 Å². The highest BCUT2D eigenvalue weighted by atomic mass is 15.9. The number of quaternary nitrogens is 1. The molecule has 1 atom stereocenters. The monoisotopic (exact) mass is 114 g/mol. The molecule has 1 rings (SSSR count). The number of hydrogen-bond donors (Lipinski definition) is 2. The Bertz CT molecular complexity index is 109. The van der Waals surface area contributed by atoms with Crippen LogP contribution in [0.1, 0.15) is 13.8 Å². The molecular weight excluding hydrogens is 104 g/mol. The van der Waals surface area contributed by atoms with Crippen molar-refractivity contribution in [3.8, 4) is 0 Å². The molecule has 0 spiro atoms. The molecule has 0 fully saturated rings. The Labute approximate surface area is 48.5 Å². The third-order valence-corrected chi connectivity index (χ3v) is 0.960. The van der Waals surface area contributed by atoms with Crippen LogP contribution in [0.5, 0.6) is 0 Å². The zero-order chi connectivity index (χ0) is 5.98. The molecule has 0 aromatic carbocycles. The van der Waals surface area contributed by atoms with Gasteiger partial charge in [-0.25, -0.2) is 0 Å². The first-order valence-electron chi connectivity index (χ1n) is 2.71. The topological polar surface area (TPSA) is 42.9 Å². The summed E-state index contributed by atoms with van der Waals surface area (Å²) in [5.41, 5.74) is 6.66. The van der Waals surface area contributed by atoms with E-state index >= 15 is 0 Å². The number of amidine groups is 1. The average Bonchev–Trinajstić information content (AvgIpc) is 2.14. The van der Waals surface area contributed by atoms with Crippen LogP contribution in [0.25, 0.3) is 5.53 Å². The van der Waals surface area contributed by atoms with Gasteiger partial charge in [0.1, 0.15) is 5.84 Å². The Morgan fingerprint density at radius 2 is 2.62 bits per heavy atom. The maximum Gasteiger partial charge on any atom is 0.141 e. The van der Waals surface area contributed by atoms with Crippen molar-refractivity contribution >= 4 is 5.84 Å². The second kappa shape index (κ2) is 2.11. The highest BCUT2D eigenvalue weighted by Gasteiger charge is 1.99. The van der Waals surface area contributed by atoms with Crippen LogP contribution in [-0.4, -0.2) is 12.4 Å². The van der Waals surface area contributed by atoms with E-state index in [-0.39, 0.29) is 0 Å². The molecule has 8 heavy (non-hydrogen) atoms. The second-order valence-corrected chi connectivity index (χ2v) is 1.69. The maximum atomic E-state index is 4.06. The van der Waals surface area contributed by atoms with E-state index in [1.54, 1.807) is 0 Å². The van der Waals surface area contributed by atoms with Crippen LogP contribution in [0.15, 0.2) is 5.10 Å². The number of nitrogens with zero attached hydrogens (tertiary/aromatic N) is 2. The van der Waals surface area contributed by atoms with Gasteiger partial charge in [0.05, 0.1) is 6.54 Å². The Kier molecular flexibility index (Phi) is 1.45. The van der Waals surface area contributed by atoms with E-state index in [0.29, 0.717) is 0 Å². The highest BCUT2D eigenvalue weighted by Crippen LogP contribution is 1.75. The minimum Gasteiger partial charge on any atom is -0.421 e. The molecule has 1 heterocycles. The zero-order valence-electron chi connectivity index (χ0n) is 5.10. The summed E-state index contributed by atoms with van der Waals surface area (Å²) >= 11 is 0. The summed E-state index contributed by atoms with van der Waals surface area (Å²) in [6, 6.07) is 0. The van der Waals surface area contributed by atoms with Crippen LogP contribution in [-0.2, 0) is 0 Å². The van der Waals surface area contributed by atoms with Gasteiger partial charge in [-0.3, -0.25) is 5.12 Å². The van der Waals surface area contributed by atoms with E-state index in [4.69, 9.17) is 0 Å². The normalized spacial score (nSPS) is 27.2. The van der Waals surface area contributed by atoms with Crippen molar-refractivity contribution in [1.82, 2.24) is 5.43 Å². The molecule has 2 N–H and O–H groups in total. The number of rotatable bonds is 1. The second-order valence-electron chi connectivity index (χ2n) is 1.69. The molecule has 0 amide bonds. The Hall–Kier alpha value is -0.610. The molecule has 1 aliphatic heterocycles. The SMILES string of the molecule is CC[NH+]1N=C(C)N[N-]1. The van der Waals surface area contributed by atoms with Gasteiger partial charge in [-0.05, 0) is 13.8 Å². The fraction of sp³-hybridized carbons (Fsp3) is 0.750. The molecule has 4 heteroatoms. The Balaban J connectivity index is 2.41. The summed E-state index contributed by atoms with van der Waals surface area (Å²) in [6.45, 7) is 4.83. The largest absolute Gasteiger partial charge is 0.421 e. The first kappa shape index (κ1) is 5.53. The summed E-state index contributed by atoms with van der Waals surface area (Å²) in [6.07, 6.45) is 0. The van der Waals surface area contributed by atoms with E-state index in [0.717, 1.165) is 17.5 Å². The van der Waals surface area contributed by atoms with Gasteiger partial charge in [0.25, 0.3) is 0 Å². The van der Waals surface area contributed by atoms with Gasteiger partial charge in [0, 0.05) is 0 Å². The van der Waals surface area contributed by atoms with Crippen molar-refractivity contribution in [2.45, 2.75) is 13.8 Å². The summed E-state index contributed by atoms with van der Waals surface area (Å²) in [7, 11) is 0. The standard InChI is InChI=1S/C4H10N4/c1-3-8-6-4(2)5-7-8/h8H,3H2,1-2H3,(H,5,6). The predicted octanol–water partition coefficient (Wildman–Crippen LogP) is -0.968. The summed E-state index contributed by atoms with van der Waals surface area (Å²) in [4.78, 5) is 0. The fourth-order valence-electron chi connectivity index (χ4n) is 0.547. The van der Waals surface area contributed by atoms with Gasteiger partial charge in [0.15, 0.2) is 0 Å². The van der Waals surface area contributed by atoms with Gasteiger partial charge in [-0.1, -0.05) is 5.10 Å². The van der Waals surface area contributed by atoms with Crippen molar-refractivity contribution in [1.29, 1.82) is 0 Å². The molecule has 0 saturated heterocycles. The lowest BCUT2D eigenvalue weighted by molar-refractivity contribution is -0.864. The summed E-state index contributed by atoms with van der Waals surface area (Å²) in [5, 5.41) is 4.95. The van der Waals surface area contributed by atoms with E-state index < -0.39 is 0 Å². The smallest absolute Gasteiger partial charge is 0.141 e. The molecule has 0 aromatic heterocycles. The van der Waals surface area contributed by atoms with E-state index in [9.17, 15) is 0 Å². The molecule has 46 valence electrons. The maximum absolute atomic E-state index is 4.06. The fourth-order valence-corrected chi connectivity index (χ4v) is 0.547. The van der Waals surface area contributed by atoms with Crippen molar-refractivity contribution in [3.63, 3.8) is 0 Å². The molecule has 0 radical (unpaired) electrons. The lowest BCUT2D eigenvalue weighted by Gasteiger charge is -2.14. The molecule has 1 aliphatic rings. The third kappa shape index (κ3) is 0.962. The zero-order valence-corrected chi connectivity index (χ0v) is 5.10. The van der Waals surface area contributed by atoms with Crippen molar-refractivity contribution < 1.29 is 5.12 Å². The molecule has 0 bridgehead atoms. The average molecular weight is 114 g/mol. The van der Waals surface area contributed by atoms with Gasteiger partial charge in [-0.2, -0.15) is 0 Å². The van der Waals surface area contributed by atoms with E-state index in [2.05, 4.69) is 16.1 Å². The van der Waals surface area contributed by atoms with Gasteiger partial charge < -0.3 is 11.0 Å². The van der Waals surface area contributed by atoms with Crippen LogP contribution in [0.2, 0.25) is 0 Å². The van der Waals surface area contributed by atoms with Crippen molar-refractivity contribution in [3.05, 3.63) is 5.53 Å². The highest BCUT2D eigenvalue weighted by molar-refractivity contribution is 5.80. The molecule has 0 aliphatic carbocycles. The van der Waals surface area contributed by atoms with Crippen LogP contribution < -0.4 is 10.5 Å². The Morgan fingerprint density at radius 3 is 2.88 bits per heavy atom. The minimum atomic E-state index is 0.891. The molecular formula is C4H10N4. The molecule has 0 saturated carbocycles. The Morgan fingerprint density at radius 1 is 1.88 bits per heavy atom.